The third kappa shape index (κ3) is 4.22. The first-order chi connectivity index (χ1) is 12.0. The summed E-state index contributed by atoms with van der Waals surface area (Å²) < 4.78 is 7.34. The molecule has 0 aliphatic heterocycles. The van der Waals surface area contributed by atoms with E-state index in [2.05, 4.69) is 15.7 Å². The van der Waals surface area contributed by atoms with Crippen LogP contribution in [0.4, 0.5) is 10.6 Å². The molecule has 0 radical (unpaired) electrons. The molecule has 2 amide bonds. The summed E-state index contributed by atoms with van der Waals surface area (Å²) in [6.07, 6.45) is 7.53. The highest BCUT2D eigenvalue weighted by atomic mass is 16.4. The maximum absolute atomic E-state index is 12.2. The van der Waals surface area contributed by atoms with Crippen LogP contribution in [0.1, 0.15) is 56.6 Å². The SMILES string of the molecule is Cc1ccc([C@](C)(O)CNC(=O)Nc2ccnn2C2CCCCC2)o1. The van der Waals surface area contributed by atoms with Crippen LogP contribution in [0, 0.1) is 6.92 Å². The van der Waals surface area contributed by atoms with E-state index in [0.717, 1.165) is 18.6 Å². The molecule has 0 unspecified atom stereocenters. The van der Waals surface area contributed by atoms with Gasteiger partial charge in [0.15, 0.2) is 0 Å². The van der Waals surface area contributed by atoms with Gasteiger partial charge in [-0.2, -0.15) is 5.10 Å². The number of rotatable bonds is 5. The third-order valence-electron chi connectivity index (χ3n) is 4.70. The van der Waals surface area contributed by atoms with Crippen molar-refractivity contribution >= 4 is 11.8 Å². The summed E-state index contributed by atoms with van der Waals surface area (Å²) in [5, 5.41) is 20.4. The summed E-state index contributed by atoms with van der Waals surface area (Å²) in [5.41, 5.74) is -1.27. The number of anilines is 1. The second-order valence-electron chi connectivity index (χ2n) is 6.94. The van der Waals surface area contributed by atoms with E-state index >= 15 is 0 Å². The Bertz CT molecular complexity index is 713. The van der Waals surface area contributed by atoms with Crippen molar-refractivity contribution in [1.82, 2.24) is 15.1 Å². The van der Waals surface area contributed by atoms with Gasteiger partial charge in [0.05, 0.1) is 18.8 Å². The molecule has 25 heavy (non-hydrogen) atoms. The van der Waals surface area contributed by atoms with Gasteiger partial charge in [0, 0.05) is 6.07 Å². The van der Waals surface area contributed by atoms with E-state index in [1.54, 1.807) is 31.3 Å². The molecule has 0 saturated heterocycles. The van der Waals surface area contributed by atoms with Gasteiger partial charge in [-0.3, -0.25) is 5.32 Å². The highest BCUT2D eigenvalue weighted by molar-refractivity contribution is 5.88. The molecule has 2 aromatic rings. The van der Waals surface area contributed by atoms with Gasteiger partial charge in [0.1, 0.15) is 22.9 Å². The zero-order chi connectivity index (χ0) is 17.9. The van der Waals surface area contributed by atoms with E-state index in [9.17, 15) is 9.90 Å². The summed E-state index contributed by atoms with van der Waals surface area (Å²) >= 11 is 0. The molecule has 1 fully saturated rings. The van der Waals surface area contributed by atoms with E-state index in [-0.39, 0.29) is 12.6 Å². The fraction of sp³-hybridized carbons (Fsp3) is 0.556. The van der Waals surface area contributed by atoms with Crippen LogP contribution in [-0.4, -0.2) is 27.5 Å². The number of nitrogens with one attached hydrogen (secondary N) is 2. The van der Waals surface area contributed by atoms with Gasteiger partial charge in [-0.25, -0.2) is 9.48 Å². The first kappa shape index (κ1) is 17.5. The zero-order valence-corrected chi connectivity index (χ0v) is 14.8. The maximum atomic E-state index is 12.2. The van der Waals surface area contributed by atoms with Gasteiger partial charge in [-0.1, -0.05) is 19.3 Å². The van der Waals surface area contributed by atoms with Crippen molar-refractivity contribution in [2.45, 2.75) is 57.6 Å². The Morgan fingerprint density at radius 1 is 1.36 bits per heavy atom. The lowest BCUT2D eigenvalue weighted by molar-refractivity contribution is 0.0364. The first-order valence-electron chi connectivity index (χ1n) is 8.83. The van der Waals surface area contributed by atoms with Crippen LogP contribution in [0.25, 0.3) is 0 Å². The van der Waals surface area contributed by atoms with Gasteiger partial charge in [0.2, 0.25) is 0 Å². The number of carbonyl (C=O) groups excluding carboxylic acids is 1. The number of urea groups is 1. The standard InChI is InChI=1S/C18H26N4O3/c1-13-8-9-15(25-13)18(2,24)12-19-17(23)21-16-10-11-20-22(16)14-6-4-3-5-7-14/h8-11,14,24H,3-7,12H2,1-2H3,(H2,19,21,23)/t18-/m1/s1. The molecule has 1 saturated carbocycles. The fourth-order valence-corrected chi connectivity index (χ4v) is 3.25. The summed E-state index contributed by atoms with van der Waals surface area (Å²) in [7, 11) is 0. The number of hydrogen-bond donors (Lipinski definition) is 3. The predicted molar refractivity (Wildman–Crippen MR) is 94.4 cm³/mol. The smallest absolute Gasteiger partial charge is 0.320 e. The monoisotopic (exact) mass is 346 g/mol. The van der Waals surface area contributed by atoms with Gasteiger partial charge in [-0.15, -0.1) is 0 Å². The Hall–Kier alpha value is -2.28. The van der Waals surface area contributed by atoms with Crippen molar-refractivity contribution in [3.05, 3.63) is 35.9 Å². The Kier molecular flexibility index (Phi) is 5.13. The molecule has 1 aliphatic rings. The second kappa shape index (κ2) is 7.31. The highest BCUT2D eigenvalue weighted by Crippen LogP contribution is 2.30. The minimum absolute atomic E-state index is 0.0450. The van der Waals surface area contributed by atoms with Crippen LogP contribution in [0.15, 0.2) is 28.8 Å². The number of nitrogens with zero attached hydrogens (tertiary/aromatic N) is 2. The largest absolute Gasteiger partial charge is 0.463 e. The Morgan fingerprint density at radius 2 is 2.12 bits per heavy atom. The molecule has 1 atom stereocenters. The molecule has 1 aliphatic carbocycles. The first-order valence-corrected chi connectivity index (χ1v) is 8.83. The molecule has 7 nitrogen and oxygen atoms in total. The molecule has 136 valence electrons. The molecule has 3 N–H and O–H groups in total. The minimum Gasteiger partial charge on any atom is -0.463 e. The molecular formula is C18H26N4O3. The number of aryl methyl sites for hydroxylation is 1. The number of aliphatic hydroxyl groups is 1. The molecule has 7 heteroatoms. The summed E-state index contributed by atoms with van der Waals surface area (Å²) in [6.45, 7) is 3.47. The van der Waals surface area contributed by atoms with Crippen LogP contribution in [0.5, 0.6) is 0 Å². The number of amides is 2. The highest BCUT2D eigenvalue weighted by Gasteiger charge is 2.27. The van der Waals surface area contributed by atoms with Gasteiger partial charge < -0.3 is 14.8 Å². The van der Waals surface area contributed by atoms with Crippen molar-refractivity contribution < 1.29 is 14.3 Å². The molecule has 3 rings (SSSR count). The van der Waals surface area contributed by atoms with Crippen LogP contribution in [0.2, 0.25) is 0 Å². The number of hydrogen-bond acceptors (Lipinski definition) is 4. The summed E-state index contributed by atoms with van der Waals surface area (Å²) in [6, 6.07) is 5.26. The minimum atomic E-state index is -1.27. The Labute approximate surface area is 147 Å². The molecular weight excluding hydrogens is 320 g/mol. The number of furan rings is 1. The van der Waals surface area contributed by atoms with Crippen molar-refractivity contribution in [2.24, 2.45) is 0 Å². The van der Waals surface area contributed by atoms with Crippen LogP contribution in [-0.2, 0) is 5.60 Å². The lowest BCUT2D eigenvalue weighted by Crippen LogP contribution is -2.40. The van der Waals surface area contributed by atoms with E-state index in [4.69, 9.17) is 4.42 Å². The summed E-state index contributed by atoms with van der Waals surface area (Å²) in [4.78, 5) is 12.2. The molecule has 0 aromatic carbocycles. The van der Waals surface area contributed by atoms with Crippen molar-refractivity contribution in [1.29, 1.82) is 0 Å². The van der Waals surface area contributed by atoms with Crippen LogP contribution in [0.3, 0.4) is 0 Å². The molecule has 2 heterocycles. The van der Waals surface area contributed by atoms with Crippen LogP contribution >= 0.6 is 0 Å². The lowest BCUT2D eigenvalue weighted by Gasteiger charge is -2.24. The van der Waals surface area contributed by atoms with Crippen molar-refractivity contribution in [2.75, 3.05) is 11.9 Å². The third-order valence-corrected chi connectivity index (χ3v) is 4.70. The topological polar surface area (TPSA) is 92.3 Å². The molecule has 2 aromatic heterocycles. The number of carbonyl (C=O) groups is 1. The Morgan fingerprint density at radius 3 is 2.80 bits per heavy atom. The Balaban J connectivity index is 1.57. The molecule has 0 spiro atoms. The van der Waals surface area contributed by atoms with E-state index in [1.165, 1.54) is 19.3 Å². The van der Waals surface area contributed by atoms with E-state index in [0.29, 0.717) is 17.6 Å². The second-order valence-corrected chi connectivity index (χ2v) is 6.94. The van der Waals surface area contributed by atoms with Crippen molar-refractivity contribution in [3.8, 4) is 0 Å². The van der Waals surface area contributed by atoms with E-state index in [1.807, 2.05) is 11.6 Å². The predicted octanol–water partition coefficient (Wildman–Crippen LogP) is 3.32. The van der Waals surface area contributed by atoms with E-state index < -0.39 is 5.60 Å². The van der Waals surface area contributed by atoms with Gasteiger partial charge >= 0.3 is 6.03 Å². The molecule has 0 bridgehead atoms. The average Bonchev–Trinajstić information content (AvgIpc) is 3.23. The van der Waals surface area contributed by atoms with Crippen LogP contribution < -0.4 is 10.6 Å². The number of aromatic nitrogens is 2. The van der Waals surface area contributed by atoms with Crippen molar-refractivity contribution in [3.63, 3.8) is 0 Å². The quantitative estimate of drug-likeness (QED) is 0.774. The normalized spacial score (nSPS) is 17.9. The van der Waals surface area contributed by atoms with Gasteiger partial charge in [-0.05, 0) is 38.8 Å². The lowest BCUT2D eigenvalue weighted by atomic mass is 9.96. The average molecular weight is 346 g/mol. The fourth-order valence-electron chi connectivity index (χ4n) is 3.25. The van der Waals surface area contributed by atoms with Gasteiger partial charge in [0.25, 0.3) is 0 Å². The maximum Gasteiger partial charge on any atom is 0.320 e. The zero-order valence-electron chi connectivity index (χ0n) is 14.8. The summed E-state index contributed by atoms with van der Waals surface area (Å²) in [5.74, 6) is 1.83.